The Bertz CT molecular complexity index is 521. The van der Waals surface area contributed by atoms with Gasteiger partial charge in [-0.05, 0) is 17.7 Å². The highest BCUT2D eigenvalue weighted by Gasteiger charge is 2.19. The first-order valence-corrected chi connectivity index (χ1v) is 4.93. The normalized spacial score (nSPS) is 17.2. The summed E-state index contributed by atoms with van der Waals surface area (Å²) in [7, 11) is 0. The SMILES string of the molecule is O=C1OCC/C1=C\c1ccc(O)c([N+](=O)[O-])c1. The highest BCUT2D eigenvalue weighted by Crippen LogP contribution is 2.28. The minimum absolute atomic E-state index is 0.338. The van der Waals surface area contributed by atoms with E-state index < -0.39 is 16.6 Å². The van der Waals surface area contributed by atoms with E-state index in [1.54, 1.807) is 0 Å². The average Bonchev–Trinajstić information content (AvgIpc) is 2.67. The number of hydrogen-bond donors (Lipinski definition) is 1. The number of ether oxygens (including phenoxy) is 1. The van der Waals surface area contributed by atoms with E-state index in [9.17, 15) is 20.0 Å². The van der Waals surface area contributed by atoms with Gasteiger partial charge in [-0.25, -0.2) is 4.79 Å². The summed E-state index contributed by atoms with van der Waals surface area (Å²) in [4.78, 5) is 21.1. The first-order valence-electron chi connectivity index (χ1n) is 4.93. The van der Waals surface area contributed by atoms with Gasteiger partial charge in [-0.2, -0.15) is 0 Å². The van der Waals surface area contributed by atoms with Gasteiger partial charge in [0.25, 0.3) is 0 Å². The Morgan fingerprint density at radius 2 is 2.24 bits per heavy atom. The summed E-state index contributed by atoms with van der Waals surface area (Å²) in [5.74, 6) is -0.799. The molecule has 0 amide bonds. The fraction of sp³-hybridized carbons (Fsp3) is 0.182. The van der Waals surface area contributed by atoms with Crippen molar-refractivity contribution in [2.75, 3.05) is 6.61 Å². The topological polar surface area (TPSA) is 89.7 Å². The summed E-state index contributed by atoms with van der Waals surface area (Å²) in [6, 6.07) is 3.94. The Kier molecular flexibility index (Phi) is 2.78. The maximum atomic E-state index is 11.2. The van der Waals surface area contributed by atoms with Gasteiger partial charge in [-0.1, -0.05) is 6.07 Å². The van der Waals surface area contributed by atoms with Crippen LogP contribution in [0.4, 0.5) is 5.69 Å². The number of nitrogens with zero attached hydrogens (tertiary/aromatic N) is 1. The second-order valence-electron chi connectivity index (χ2n) is 3.56. The Hall–Kier alpha value is -2.37. The molecule has 1 N–H and O–H groups in total. The monoisotopic (exact) mass is 235 g/mol. The van der Waals surface area contributed by atoms with Crippen molar-refractivity contribution in [3.05, 3.63) is 39.4 Å². The predicted molar refractivity (Wildman–Crippen MR) is 58.3 cm³/mol. The highest BCUT2D eigenvalue weighted by molar-refractivity contribution is 5.95. The molecule has 0 atom stereocenters. The number of esters is 1. The predicted octanol–water partition coefficient (Wildman–Crippen LogP) is 1.63. The van der Waals surface area contributed by atoms with Crippen LogP contribution in [0, 0.1) is 10.1 Å². The quantitative estimate of drug-likeness (QED) is 0.364. The molecule has 1 aromatic rings. The molecule has 1 aromatic carbocycles. The molecule has 1 heterocycles. The van der Waals surface area contributed by atoms with E-state index in [-0.39, 0.29) is 5.69 Å². The van der Waals surface area contributed by atoms with Crippen molar-refractivity contribution in [2.45, 2.75) is 6.42 Å². The van der Waals surface area contributed by atoms with Gasteiger partial charge < -0.3 is 9.84 Å². The first-order chi connectivity index (χ1) is 8.08. The number of phenols is 1. The molecule has 1 aliphatic heterocycles. The second-order valence-corrected chi connectivity index (χ2v) is 3.56. The summed E-state index contributed by atoms with van der Waals surface area (Å²) in [5.41, 5.74) is 0.582. The van der Waals surface area contributed by atoms with Crippen LogP contribution in [-0.4, -0.2) is 22.6 Å². The molecule has 6 nitrogen and oxygen atoms in total. The zero-order valence-corrected chi connectivity index (χ0v) is 8.75. The maximum absolute atomic E-state index is 11.2. The molecule has 0 spiro atoms. The van der Waals surface area contributed by atoms with Crippen molar-refractivity contribution in [2.24, 2.45) is 0 Å². The lowest BCUT2D eigenvalue weighted by Gasteiger charge is -1.98. The number of benzene rings is 1. The zero-order valence-electron chi connectivity index (χ0n) is 8.75. The molecule has 0 aromatic heterocycles. The molecule has 0 radical (unpaired) electrons. The summed E-state index contributed by atoms with van der Waals surface area (Å²) < 4.78 is 4.75. The molecule has 0 aliphatic carbocycles. The number of cyclic esters (lactones) is 1. The van der Waals surface area contributed by atoms with E-state index in [4.69, 9.17) is 4.74 Å². The van der Waals surface area contributed by atoms with E-state index in [2.05, 4.69) is 0 Å². The third-order valence-electron chi connectivity index (χ3n) is 2.40. The fourth-order valence-electron chi connectivity index (χ4n) is 1.56. The maximum Gasteiger partial charge on any atom is 0.334 e. The standard InChI is InChI=1S/C11H9NO5/c13-10-2-1-7(6-9(10)12(15)16)5-8-3-4-17-11(8)14/h1-2,5-6,13H,3-4H2/b8-5+. The number of carbonyl (C=O) groups excluding carboxylic acids is 1. The number of rotatable bonds is 2. The van der Waals surface area contributed by atoms with Gasteiger partial charge in [0.2, 0.25) is 0 Å². The lowest BCUT2D eigenvalue weighted by atomic mass is 10.1. The molecule has 2 rings (SSSR count). The van der Waals surface area contributed by atoms with Crippen molar-refractivity contribution in [1.82, 2.24) is 0 Å². The minimum Gasteiger partial charge on any atom is -0.502 e. The van der Waals surface area contributed by atoms with Gasteiger partial charge in [0.1, 0.15) is 0 Å². The molecule has 1 aliphatic rings. The van der Waals surface area contributed by atoms with Crippen LogP contribution in [-0.2, 0) is 9.53 Å². The number of nitro benzene ring substituents is 1. The van der Waals surface area contributed by atoms with Crippen molar-refractivity contribution >= 4 is 17.7 Å². The summed E-state index contributed by atoms with van der Waals surface area (Å²) in [6.45, 7) is 0.338. The number of carbonyl (C=O) groups is 1. The number of nitro groups is 1. The van der Waals surface area contributed by atoms with E-state index >= 15 is 0 Å². The number of phenolic OH excluding ortho intramolecular Hbond substituents is 1. The van der Waals surface area contributed by atoms with Crippen LogP contribution in [0.5, 0.6) is 5.75 Å². The lowest BCUT2D eigenvalue weighted by Crippen LogP contribution is -1.94. The van der Waals surface area contributed by atoms with Gasteiger partial charge in [0, 0.05) is 18.1 Å². The second kappa shape index (κ2) is 4.25. The average molecular weight is 235 g/mol. The summed E-state index contributed by atoms with van der Waals surface area (Å²) in [5, 5.41) is 19.9. The molecule has 0 saturated carbocycles. The Morgan fingerprint density at radius 3 is 2.82 bits per heavy atom. The molecule has 1 saturated heterocycles. The van der Waals surface area contributed by atoms with Crippen molar-refractivity contribution < 1.29 is 19.6 Å². The van der Waals surface area contributed by atoms with Crippen LogP contribution in [0.25, 0.3) is 6.08 Å². The molecule has 17 heavy (non-hydrogen) atoms. The van der Waals surface area contributed by atoms with Gasteiger partial charge in [0.15, 0.2) is 5.75 Å². The number of hydrogen-bond acceptors (Lipinski definition) is 5. The van der Waals surface area contributed by atoms with E-state index in [1.807, 2.05) is 0 Å². The minimum atomic E-state index is -0.676. The molecule has 88 valence electrons. The molecule has 0 bridgehead atoms. The van der Waals surface area contributed by atoms with E-state index in [0.717, 1.165) is 0 Å². The van der Waals surface area contributed by atoms with Crippen LogP contribution in [0.3, 0.4) is 0 Å². The zero-order chi connectivity index (χ0) is 12.4. The Morgan fingerprint density at radius 1 is 1.47 bits per heavy atom. The van der Waals surface area contributed by atoms with Crippen LogP contribution in [0.2, 0.25) is 0 Å². The highest BCUT2D eigenvalue weighted by atomic mass is 16.6. The largest absolute Gasteiger partial charge is 0.502 e. The molecule has 0 unspecified atom stereocenters. The van der Waals surface area contributed by atoms with Crippen LogP contribution in [0.1, 0.15) is 12.0 Å². The third kappa shape index (κ3) is 2.25. The third-order valence-corrected chi connectivity index (χ3v) is 2.40. The number of aromatic hydroxyl groups is 1. The fourth-order valence-corrected chi connectivity index (χ4v) is 1.56. The van der Waals surface area contributed by atoms with Crippen molar-refractivity contribution in [3.63, 3.8) is 0 Å². The van der Waals surface area contributed by atoms with Gasteiger partial charge in [-0.3, -0.25) is 10.1 Å². The van der Waals surface area contributed by atoms with Gasteiger partial charge >= 0.3 is 11.7 Å². The van der Waals surface area contributed by atoms with Gasteiger partial charge in [0.05, 0.1) is 11.5 Å². The van der Waals surface area contributed by atoms with E-state index in [0.29, 0.717) is 24.2 Å². The molecule has 1 fully saturated rings. The Balaban J connectivity index is 2.37. The lowest BCUT2D eigenvalue weighted by molar-refractivity contribution is -0.385. The summed E-state index contributed by atoms with van der Waals surface area (Å²) in [6.07, 6.45) is 2.02. The van der Waals surface area contributed by atoms with Crippen LogP contribution < -0.4 is 0 Å². The smallest absolute Gasteiger partial charge is 0.334 e. The van der Waals surface area contributed by atoms with Crippen LogP contribution >= 0.6 is 0 Å². The van der Waals surface area contributed by atoms with Crippen molar-refractivity contribution in [1.29, 1.82) is 0 Å². The first kappa shape index (κ1) is 11.1. The van der Waals surface area contributed by atoms with Crippen LogP contribution in [0.15, 0.2) is 23.8 Å². The molecular weight excluding hydrogens is 226 g/mol. The Labute approximate surface area is 96.3 Å². The van der Waals surface area contributed by atoms with Gasteiger partial charge in [-0.15, -0.1) is 0 Å². The van der Waals surface area contributed by atoms with Crippen molar-refractivity contribution in [3.8, 4) is 5.75 Å². The molecular formula is C11H9NO5. The molecule has 6 heteroatoms. The van der Waals surface area contributed by atoms with E-state index in [1.165, 1.54) is 24.3 Å². The summed E-state index contributed by atoms with van der Waals surface area (Å²) >= 11 is 0.